The van der Waals surface area contributed by atoms with Gasteiger partial charge in [-0.25, -0.2) is 9.59 Å². The van der Waals surface area contributed by atoms with Crippen molar-refractivity contribution >= 4 is 12.1 Å². The summed E-state index contributed by atoms with van der Waals surface area (Å²) in [5.74, 6) is -0.589. The highest BCUT2D eigenvalue weighted by Crippen LogP contribution is 2.07. The van der Waals surface area contributed by atoms with Gasteiger partial charge in [0.15, 0.2) is 0 Å². The molecule has 1 heterocycles. The lowest BCUT2D eigenvalue weighted by Gasteiger charge is -2.19. The molecule has 0 aromatic carbocycles. The van der Waals surface area contributed by atoms with Gasteiger partial charge in [0.25, 0.3) is 0 Å². The molecule has 0 aliphatic heterocycles. The molecular weight excluding hydrogens is 276 g/mol. The molecule has 118 valence electrons. The molecule has 0 saturated carbocycles. The van der Waals surface area contributed by atoms with Crippen molar-refractivity contribution in [2.75, 3.05) is 13.1 Å². The maximum Gasteiger partial charge on any atom is 0.407 e. The van der Waals surface area contributed by atoms with E-state index in [0.717, 1.165) is 6.42 Å². The molecule has 7 nitrogen and oxygen atoms in total. The predicted molar refractivity (Wildman–Crippen MR) is 76.2 cm³/mol. The molecule has 3 N–H and O–H groups in total. The Labute approximate surface area is 123 Å². The third-order valence-corrected chi connectivity index (χ3v) is 2.37. The standard InChI is InChI=1S/C14H22N2O5/c1-14(2,3)21-13(19)16-8-4-7-15-9-10-5-6-11(20-10)12(17)18/h5-6,15H,4,7-9H2,1-3H3,(H,16,19)(H,17,18). The Morgan fingerprint density at radius 3 is 2.57 bits per heavy atom. The molecule has 0 fully saturated rings. The second-order valence-electron chi connectivity index (χ2n) is 5.53. The zero-order valence-electron chi connectivity index (χ0n) is 12.6. The highest BCUT2D eigenvalue weighted by Gasteiger charge is 2.15. The number of aromatic carboxylic acids is 1. The van der Waals surface area contributed by atoms with Crippen LogP contribution in [0.3, 0.4) is 0 Å². The summed E-state index contributed by atoms with van der Waals surface area (Å²) in [7, 11) is 0. The number of amides is 1. The Bertz CT molecular complexity index is 476. The summed E-state index contributed by atoms with van der Waals surface area (Å²) in [6.07, 6.45) is 0.297. The van der Waals surface area contributed by atoms with Crippen molar-refractivity contribution in [1.29, 1.82) is 0 Å². The number of furan rings is 1. The van der Waals surface area contributed by atoms with Crippen LogP contribution in [-0.4, -0.2) is 35.9 Å². The van der Waals surface area contributed by atoms with Crippen molar-refractivity contribution in [3.05, 3.63) is 23.7 Å². The van der Waals surface area contributed by atoms with Gasteiger partial charge in [0.05, 0.1) is 6.54 Å². The lowest BCUT2D eigenvalue weighted by atomic mass is 10.2. The number of ether oxygens (including phenoxy) is 1. The number of hydrogen-bond acceptors (Lipinski definition) is 5. The summed E-state index contributed by atoms with van der Waals surface area (Å²) in [5, 5.41) is 14.5. The fraction of sp³-hybridized carbons (Fsp3) is 0.571. The van der Waals surface area contributed by atoms with E-state index in [2.05, 4.69) is 10.6 Å². The molecule has 1 aromatic heterocycles. The van der Waals surface area contributed by atoms with E-state index in [1.807, 2.05) is 20.8 Å². The zero-order chi connectivity index (χ0) is 15.9. The number of hydrogen-bond donors (Lipinski definition) is 3. The number of rotatable bonds is 7. The summed E-state index contributed by atoms with van der Waals surface area (Å²) in [6, 6.07) is 3.04. The molecule has 0 unspecified atom stereocenters. The molecule has 1 amide bonds. The first kappa shape index (κ1) is 17.0. The van der Waals surface area contributed by atoms with Gasteiger partial charge in [-0.15, -0.1) is 0 Å². The Hall–Kier alpha value is -2.02. The smallest absolute Gasteiger partial charge is 0.407 e. The molecule has 0 aliphatic carbocycles. The van der Waals surface area contributed by atoms with E-state index in [-0.39, 0.29) is 5.76 Å². The molecule has 0 radical (unpaired) electrons. The minimum Gasteiger partial charge on any atom is -0.475 e. The lowest BCUT2D eigenvalue weighted by Crippen LogP contribution is -2.33. The van der Waals surface area contributed by atoms with Gasteiger partial charge in [-0.3, -0.25) is 0 Å². The number of carbonyl (C=O) groups excluding carboxylic acids is 1. The van der Waals surface area contributed by atoms with Crippen molar-refractivity contribution in [2.45, 2.75) is 39.3 Å². The van der Waals surface area contributed by atoms with Gasteiger partial charge in [-0.2, -0.15) is 0 Å². The van der Waals surface area contributed by atoms with Gasteiger partial charge in [-0.1, -0.05) is 0 Å². The number of alkyl carbamates (subject to hydrolysis) is 1. The summed E-state index contributed by atoms with van der Waals surface area (Å²) in [6.45, 7) is 7.04. The van der Waals surface area contributed by atoms with Crippen molar-refractivity contribution in [3.8, 4) is 0 Å². The van der Waals surface area contributed by atoms with E-state index in [9.17, 15) is 9.59 Å². The van der Waals surface area contributed by atoms with Gasteiger partial charge in [0.1, 0.15) is 11.4 Å². The third-order valence-electron chi connectivity index (χ3n) is 2.37. The monoisotopic (exact) mass is 298 g/mol. The molecule has 1 aromatic rings. The van der Waals surface area contributed by atoms with Crippen molar-refractivity contribution in [1.82, 2.24) is 10.6 Å². The number of carboxylic acids is 1. The molecule has 0 bridgehead atoms. The number of carboxylic acid groups (broad SMARTS) is 1. The first-order valence-corrected chi connectivity index (χ1v) is 6.77. The van der Waals surface area contributed by atoms with E-state index in [0.29, 0.717) is 25.4 Å². The summed E-state index contributed by atoms with van der Waals surface area (Å²) < 4.78 is 10.2. The predicted octanol–water partition coefficient (Wildman–Crippen LogP) is 1.98. The first-order valence-electron chi connectivity index (χ1n) is 6.77. The highest BCUT2D eigenvalue weighted by atomic mass is 16.6. The molecule has 21 heavy (non-hydrogen) atoms. The minimum atomic E-state index is -1.08. The SMILES string of the molecule is CC(C)(C)OC(=O)NCCCNCc1ccc(C(=O)O)o1. The lowest BCUT2D eigenvalue weighted by molar-refractivity contribution is 0.0526. The molecule has 7 heteroatoms. The topological polar surface area (TPSA) is 101 Å². The average molecular weight is 298 g/mol. The van der Waals surface area contributed by atoms with E-state index in [1.165, 1.54) is 6.07 Å². The van der Waals surface area contributed by atoms with Crippen LogP contribution in [0.1, 0.15) is 43.5 Å². The zero-order valence-corrected chi connectivity index (χ0v) is 12.6. The normalized spacial score (nSPS) is 11.2. The Morgan fingerprint density at radius 2 is 2.00 bits per heavy atom. The van der Waals surface area contributed by atoms with Gasteiger partial charge in [-0.05, 0) is 45.9 Å². The van der Waals surface area contributed by atoms with Crippen LogP contribution >= 0.6 is 0 Å². The van der Waals surface area contributed by atoms with E-state index in [4.69, 9.17) is 14.3 Å². The van der Waals surface area contributed by atoms with Gasteiger partial charge >= 0.3 is 12.1 Å². The minimum absolute atomic E-state index is 0.0709. The molecule has 0 saturated heterocycles. The van der Waals surface area contributed by atoms with Crippen molar-refractivity contribution in [3.63, 3.8) is 0 Å². The maximum absolute atomic E-state index is 11.4. The fourth-order valence-corrected chi connectivity index (χ4v) is 1.52. The second kappa shape index (κ2) is 7.68. The summed E-state index contributed by atoms with van der Waals surface area (Å²) in [5.41, 5.74) is -0.497. The largest absolute Gasteiger partial charge is 0.475 e. The molecular formula is C14H22N2O5. The Balaban J connectivity index is 2.09. The quantitative estimate of drug-likeness (QED) is 0.665. The average Bonchev–Trinajstić information content (AvgIpc) is 2.80. The summed E-state index contributed by atoms with van der Waals surface area (Å²) in [4.78, 5) is 22.0. The third kappa shape index (κ3) is 7.36. The van der Waals surface area contributed by atoms with E-state index in [1.54, 1.807) is 6.07 Å². The molecule has 0 aliphatic rings. The highest BCUT2D eigenvalue weighted by molar-refractivity contribution is 5.84. The Kier molecular flexibility index (Phi) is 6.23. The van der Waals surface area contributed by atoms with Crippen LogP contribution in [0.5, 0.6) is 0 Å². The van der Waals surface area contributed by atoms with Crippen LogP contribution < -0.4 is 10.6 Å². The first-order chi connectivity index (χ1) is 9.78. The van der Waals surface area contributed by atoms with Crippen LogP contribution in [0.2, 0.25) is 0 Å². The molecule has 0 spiro atoms. The van der Waals surface area contributed by atoms with Gasteiger partial charge < -0.3 is 24.9 Å². The second-order valence-corrected chi connectivity index (χ2v) is 5.53. The summed E-state index contributed by atoms with van der Waals surface area (Å²) >= 11 is 0. The number of nitrogens with one attached hydrogen (secondary N) is 2. The molecule has 1 rings (SSSR count). The fourth-order valence-electron chi connectivity index (χ4n) is 1.52. The van der Waals surface area contributed by atoms with Crippen molar-refractivity contribution in [2.24, 2.45) is 0 Å². The van der Waals surface area contributed by atoms with Crippen LogP contribution in [0.15, 0.2) is 16.5 Å². The van der Waals surface area contributed by atoms with E-state index >= 15 is 0 Å². The number of carbonyl (C=O) groups is 2. The van der Waals surface area contributed by atoms with Gasteiger partial charge in [0.2, 0.25) is 5.76 Å². The van der Waals surface area contributed by atoms with Gasteiger partial charge in [0, 0.05) is 6.54 Å². The van der Waals surface area contributed by atoms with Crippen LogP contribution in [0.4, 0.5) is 4.79 Å². The molecule has 0 atom stereocenters. The van der Waals surface area contributed by atoms with E-state index < -0.39 is 17.7 Å². The van der Waals surface area contributed by atoms with Crippen LogP contribution in [-0.2, 0) is 11.3 Å². The van der Waals surface area contributed by atoms with Crippen molar-refractivity contribution < 1.29 is 23.8 Å². The Morgan fingerprint density at radius 1 is 1.29 bits per heavy atom. The van der Waals surface area contributed by atoms with Crippen LogP contribution in [0.25, 0.3) is 0 Å². The maximum atomic E-state index is 11.4. The van der Waals surface area contributed by atoms with Crippen LogP contribution in [0, 0.1) is 0 Å².